The van der Waals surface area contributed by atoms with E-state index < -0.39 is 5.60 Å². The van der Waals surface area contributed by atoms with Crippen LogP contribution in [-0.4, -0.2) is 43.4 Å². The van der Waals surface area contributed by atoms with Gasteiger partial charge in [0.1, 0.15) is 5.60 Å². The molecular formula is C14H27N3O2. The number of amides is 1. The summed E-state index contributed by atoms with van der Waals surface area (Å²) in [4.78, 5) is 11.7. The molecule has 5 heteroatoms. The van der Waals surface area contributed by atoms with Crippen molar-refractivity contribution in [1.82, 2.24) is 16.0 Å². The van der Waals surface area contributed by atoms with E-state index in [-0.39, 0.29) is 11.6 Å². The molecule has 0 aromatic carbocycles. The predicted molar refractivity (Wildman–Crippen MR) is 75.2 cm³/mol. The van der Waals surface area contributed by atoms with Crippen molar-refractivity contribution < 1.29 is 9.53 Å². The maximum Gasteiger partial charge on any atom is 0.407 e. The fraction of sp³-hybridized carbons (Fsp3) is 0.929. The predicted octanol–water partition coefficient (Wildman–Crippen LogP) is 1.24. The summed E-state index contributed by atoms with van der Waals surface area (Å²) in [5.41, 5.74) is -0.255. The molecule has 2 fully saturated rings. The minimum atomic E-state index is -0.428. The lowest BCUT2D eigenvalue weighted by atomic mass is 9.79. The summed E-state index contributed by atoms with van der Waals surface area (Å²) in [6, 6.07) is 0. The third-order valence-corrected chi connectivity index (χ3v) is 4.06. The molecule has 1 amide bonds. The zero-order chi connectivity index (χ0) is 13.9. The number of hydrogen-bond donors (Lipinski definition) is 3. The maximum atomic E-state index is 11.7. The first kappa shape index (κ1) is 14.6. The summed E-state index contributed by atoms with van der Waals surface area (Å²) < 4.78 is 5.29. The number of alkyl carbamates (subject to hydrolysis) is 1. The molecule has 19 heavy (non-hydrogen) atoms. The monoisotopic (exact) mass is 269 g/mol. The van der Waals surface area contributed by atoms with Crippen molar-refractivity contribution >= 4 is 6.09 Å². The van der Waals surface area contributed by atoms with Crippen molar-refractivity contribution in [2.45, 2.75) is 51.2 Å². The van der Waals surface area contributed by atoms with Crippen LogP contribution in [0.3, 0.4) is 0 Å². The van der Waals surface area contributed by atoms with Gasteiger partial charge in [0.2, 0.25) is 0 Å². The third kappa shape index (κ3) is 3.83. The normalized spacial score (nSPS) is 31.4. The summed E-state index contributed by atoms with van der Waals surface area (Å²) in [6.07, 6.45) is 3.21. The lowest BCUT2D eigenvalue weighted by molar-refractivity contribution is 0.0509. The number of carbonyl (C=O) groups excluding carboxylic acids is 1. The zero-order valence-corrected chi connectivity index (χ0v) is 12.3. The molecule has 3 N–H and O–H groups in total. The molecule has 2 saturated heterocycles. The number of hydrogen-bond acceptors (Lipinski definition) is 4. The van der Waals surface area contributed by atoms with Crippen molar-refractivity contribution in [2.24, 2.45) is 5.92 Å². The largest absolute Gasteiger partial charge is 0.444 e. The topological polar surface area (TPSA) is 62.4 Å². The van der Waals surface area contributed by atoms with Gasteiger partial charge >= 0.3 is 6.09 Å². The van der Waals surface area contributed by atoms with Crippen LogP contribution in [-0.2, 0) is 4.74 Å². The van der Waals surface area contributed by atoms with Gasteiger partial charge in [-0.3, -0.25) is 0 Å². The van der Waals surface area contributed by atoms with E-state index in [0.29, 0.717) is 12.5 Å². The van der Waals surface area contributed by atoms with E-state index in [1.54, 1.807) is 0 Å². The molecule has 5 nitrogen and oxygen atoms in total. The van der Waals surface area contributed by atoms with Crippen LogP contribution in [0.4, 0.5) is 4.79 Å². The van der Waals surface area contributed by atoms with Crippen molar-refractivity contribution in [1.29, 1.82) is 0 Å². The van der Waals surface area contributed by atoms with Crippen LogP contribution < -0.4 is 16.0 Å². The van der Waals surface area contributed by atoms with Crippen LogP contribution >= 0.6 is 0 Å². The van der Waals surface area contributed by atoms with Crippen LogP contribution in [0.5, 0.6) is 0 Å². The molecule has 2 atom stereocenters. The van der Waals surface area contributed by atoms with E-state index in [9.17, 15) is 4.79 Å². The quantitative estimate of drug-likeness (QED) is 0.706. The van der Waals surface area contributed by atoms with Gasteiger partial charge in [0.15, 0.2) is 0 Å². The van der Waals surface area contributed by atoms with Gasteiger partial charge in [0, 0.05) is 18.6 Å². The van der Waals surface area contributed by atoms with Gasteiger partial charge in [-0.15, -0.1) is 0 Å². The Balaban J connectivity index is 1.83. The van der Waals surface area contributed by atoms with Gasteiger partial charge in [-0.1, -0.05) is 0 Å². The van der Waals surface area contributed by atoms with Gasteiger partial charge in [-0.05, 0) is 59.0 Å². The summed E-state index contributed by atoms with van der Waals surface area (Å²) in [5, 5.41) is 10.0. The molecule has 0 aromatic rings. The molecule has 2 aliphatic heterocycles. The highest BCUT2D eigenvalue weighted by Crippen LogP contribution is 2.32. The van der Waals surface area contributed by atoms with E-state index in [2.05, 4.69) is 16.0 Å². The molecule has 0 bridgehead atoms. The highest BCUT2D eigenvalue weighted by molar-refractivity contribution is 5.67. The number of piperidine rings is 1. The Labute approximate surface area is 115 Å². The number of nitrogens with one attached hydrogen (secondary N) is 3. The van der Waals surface area contributed by atoms with Crippen LogP contribution in [0.25, 0.3) is 0 Å². The fourth-order valence-corrected chi connectivity index (χ4v) is 3.16. The molecule has 0 radical (unpaired) electrons. The average molecular weight is 269 g/mol. The molecule has 2 rings (SSSR count). The Kier molecular flexibility index (Phi) is 4.36. The molecule has 2 unspecified atom stereocenters. The van der Waals surface area contributed by atoms with Crippen molar-refractivity contribution in [3.8, 4) is 0 Å². The Morgan fingerprint density at radius 1 is 1.42 bits per heavy atom. The summed E-state index contributed by atoms with van der Waals surface area (Å²) in [7, 11) is 0. The molecule has 0 aromatic heterocycles. The second kappa shape index (κ2) is 5.67. The lowest BCUT2D eigenvalue weighted by Crippen LogP contribution is -2.57. The minimum absolute atomic E-state index is 0.174. The molecule has 1 spiro atoms. The van der Waals surface area contributed by atoms with Crippen LogP contribution in [0.15, 0.2) is 0 Å². The smallest absolute Gasteiger partial charge is 0.407 e. The summed E-state index contributed by atoms with van der Waals surface area (Å²) in [5.74, 6) is 0.493. The van der Waals surface area contributed by atoms with Crippen molar-refractivity contribution in [2.75, 3.05) is 26.2 Å². The standard InChI is InChI=1S/C14H27N3O2/c1-13(2,3)19-12(18)16-9-11-5-8-17-14(11)6-4-7-15-10-14/h11,15,17H,4-10H2,1-3H3,(H,16,18). The Bertz CT molecular complexity index is 319. The molecule has 2 heterocycles. The van der Waals surface area contributed by atoms with E-state index in [1.807, 2.05) is 20.8 Å². The molecular weight excluding hydrogens is 242 g/mol. The third-order valence-electron chi connectivity index (χ3n) is 4.06. The number of ether oxygens (including phenoxy) is 1. The first-order valence-corrected chi connectivity index (χ1v) is 7.34. The number of rotatable bonds is 2. The van der Waals surface area contributed by atoms with Crippen molar-refractivity contribution in [3.63, 3.8) is 0 Å². The van der Waals surface area contributed by atoms with Gasteiger partial charge in [0.05, 0.1) is 0 Å². The van der Waals surface area contributed by atoms with Gasteiger partial charge < -0.3 is 20.7 Å². The summed E-state index contributed by atoms with van der Waals surface area (Å²) >= 11 is 0. The van der Waals surface area contributed by atoms with Crippen LogP contribution in [0.1, 0.15) is 40.0 Å². The lowest BCUT2D eigenvalue weighted by Gasteiger charge is -2.39. The van der Waals surface area contributed by atoms with E-state index >= 15 is 0 Å². The van der Waals surface area contributed by atoms with Gasteiger partial charge in [-0.2, -0.15) is 0 Å². The average Bonchev–Trinajstić information content (AvgIpc) is 2.68. The SMILES string of the molecule is CC(C)(C)OC(=O)NCC1CCNC12CCCNC2. The number of carbonyl (C=O) groups is 1. The van der Waals surface area contributed by atoms with E-state index in [1.165, 1.54) is 12.8 Å². The first-order valence-electron chi connectivity index (χ1n) is 7.34. The molecule has 0 saturated carbocycles. The van der Waals surface area contributed by atoms with E-state index in [4.69, 9.17) is 4.74 Å². The zero-order valence-electron chi connectivity index (χ0n) is 12.3. The van der Waals surface area contributed by atoms with Gasteiger partial charge in [-0.25, -0.2) is 4.79 Å². The maximum absolute atomic E-state index is 11.7. The van der Waals surface area contributed by atoms with Crippen LogP contribution in [0, 0.1) is 5.92 Å². The minimum Gasteiger partial charge on any atom is -0.444 e. The Morgan fingerprint density at radius 2 is 2.21 bits per heavy atom. The van der Waals surface area contributed by atoms with Crippen LogP contribution in [0.2, 0.25) is 0 Å². The molecule has 110 valence electrons. The van der Waals surface area contributed by atoms with Crippen molar-refractivity contribution in [3.05, 3.63) is 0 Å². The highest BCUT2D eigenvalue weighted by Gasteiger charge is 2.43. The summed E-state index contributed by atoms with van der Waals surface area (Å²) in [6.45, 7) is 9.51. The van der Waals surface area contributed by atoms with Gasteiger partial charge in [0.25, 0.3) is 0 Å². The molecule has 2 aliphatic rings. The Morgan fingerprint density at radius 3 is 2.84 bits per heavy atom. The molecule has 0 aliphatic carbocycles. The second-order valence-electron chi connectivity index (χ2n) is 6.73. The first-order chi connectivity index (χ1) is 8.91. The Hall–Kier alpha value is -0.810. The van der Waals surface area contributed by atoms with E-state index in [0.717, 1.165) is 26.1 Å². The highest BCUT2D eigenvalue weighted by atomic mass is 16.6. The fourth-order valence-electron chi connectivity index (χ4n) is 3.16. The second-order valence-corrected chi connectivity index (χ2v) is 6.73.